The van der Waals surface area contributed by atoms with Gasteiger partial charge in [0, 0.05) is 17.3 Å². The van der Waals surface area contributed by atoms with Gasteiger partial charge >= 0.3 is 0 Å². The number of aromatic nitrogens is 3. The minimum Gasteiger partial charge on any atom is -0.322 e. The highest BCUT2D eigenvalue weighted by Gasteiger charge is 2.16. The van der Waals surface area contributed by atoms with Gasteiger partial charge in [0.25, 0.3) is 5.91 Å². The van der Waals surface area contributed by atoms with Crippen molar-refractivity contribution in [3.05, 3.63) is 89.9 Å². The van der Waals surface area contributed by atoms with Crippen LogP contribution in [0.15, 0.2) is 73.1 Å². The predicted molar refractivity (Wildman–Crippen MR) is 107 cm³/mol. The zero-order valence-corrected chi connectivity index (χ0v) is 15.1. The molecule has 0 radical (unpaired) electrons. The van der Waals surface area contributed by atoms with Crippen LogP contribution in [0.5, 0.6) is 0 Å². The van der Waals surface area contributed by atoms with Gasteiger partial charge in [-0.3, -0.25) is 14.5 Å². The van der Waals surface area contributed by atoms with Crippen LogP contribution in [-0.2, 0) is 13.0 Å². The number of carbonyl (C=O) groups is 1. The van der Waals surface area contributed by atoms with E-state index in [4.69, 9.17) is 0 Å². The fourth-order valence-corrected chi connectivity index (χ4v) is 3.22. The first-order valence-electron chi connectivity index (χ1n) is 8.99. The Morgan fingerprint density at radius 2 is 1.93 bits per heavy atom. The van der Waals surface area contributed by atoms with E-state index in [0.717, 1.165) is 34.3 Å². The van der Waals surface area contributed by atoms with Crippen molar-refractivity contribution >= 4 is 22.5 Å². The number of hydrogen-bond donors (Lipinski definition) is 1. The highest BCUT2D eigenvalue weighted by atomic mass is 16.1. The number of anilines is 1. The van der Waals surface area contributed by atoms with E-state index in [9.17, 15) is 4.79 Å². The Morgan fingerprint density at radius 3 is 2.74 bits per heavy atom. The summed E-state index contributed by atoms with van der Waals surface area (Å²) in [6.45, 7) is 2.69. The highest BCUT2D eigenvalue weighted by molar-refractivity contribution is 6.05. The molecule has 2 aromatic heterocycles. The summed E-state index contributed by atoms with van der Waals surface area (Å²) in [6.07, 6.45) is 4.15. The van der Waals surface area contributed by atoms with Crippen molar-refractivity contribution in [2.45, 2.75) is 19.9 Å². The monoisotopic (exact) mass is 356 g/mol. The van der Waals surface area contributed by atoms with E-state index in [2.05, 4.69) is 27.5 Å². The number of benzene rings is 2. The Hall–Kier alpha value is -3.47. The summed E-state index contributed by atoms with van der Waals surface area (Å²) in [4.78, 5) is 17.1. The third-order valence-corrected chi connectivity index (χ3v) is 4.56. The van der Waals surface area contributed by atoms with Crippen molar-refractivity contribution in [3.8, 4) is 0 Å². The molecule has 0 saturated carbocycles. The number of hydrogen-bond acceptors (Lipinski definition) is 3. The third kappa shape index (κ3) is 3.58. The van der Waals surface area contributed by atoms with Gasteiger partial charge in [-0.15, -0.1) is 0 Å². The molecule has 1 N–H and O–H groups in total. The van der Waals surface area contributed by atoms with E-state index < -0.39 is 0 Å². The van der Waals surface area contributed by atoms with Crippen molar-refractivity contribution in [2.75, 3.05) is 5.32 Å². The van der Waals surface area contributed by atoms with Gasteiger partial charge in [0.2, 0.25) is 0 Å². The molecule has 0 saturated heterocycles. The van der Waals surface area contributed by atoms with Crippen LogP contribution >= 0.6 is 0 Å². The molecule has 2 heterocycles. The Kier molecular flexibility index (Phi) is 4.66. The van der Waals surface area contributed by atoms with Crippen LogP contribution in [0.2, 0.25) is 0 Å². The molecular weight excluding hydrogens is 336 g/mol. The van der Waals surface area contributed by atoms with E-state index in [-0.39, 0.29) is 5.91 Å². The standard InChI is InChI=1S/C22H20N4O/c1-2-21-19(14-24-26(21)15-16-7-4-3-5-8-16)22(27)25-18-10-11-20-17(13-18)9-6-12-23-20/h3-14H,2,15H2,1H3,(H,25,27). The second-order valence-corrected chi connectivity index (χ2v) is 6.37. The lowest BCUT2D eigenvalue weighted by Gasteiger charge is -2.09. The largest absolute Gasteiger partial charge is 0.322 e. The van der Waals surface area contributed by atoms with Crippen LogP contribution in [0, 0.1) is 0 Å². The van der Waals surface area contributed by atoms with E-state index in [1.54, 1.807) is 12.4 Å². The van der Waals surface area contributed by atoms with Gasteiger partial charge in [-0.05, 0) is 36.2 Å². The molecule has 2 aromatic carbocycles. The molecule has 4 aromatic rings. The van der Waals surface area contributed by atoms with Gasteiger partial charge in [-0.2, -0.15) is 5.10 Å². The van der Waals surface area contributed by atoms with Crippen LogP contribution < -0.4 is 5.32 Å². The fourth-order valence-electron chi connectivity index (χ4n) is 3.22. The van der Waals surface area contributed by atoms with Gasteiger partial charge in [-0.25, -0.2) is 0 Å². The minimum atomic E-state index is -0.144. The number of amides is 1. The maximum Gasteiger partial charge on any atom is 0.259 e. The van der Waals surface area contributed by atoms with Crippen molar-refractivity contribution in [1.29, 1.82) is 0 Å². The van der Waals surface area contributed by atoms with Crippen LogP contribution in [0.4, 0.5) is 5.69 Å². The number of pyridine rings is 1. The Labute approximate surface area is 157 Å². The average molecular weight is 356 g/mol. The lowest BCUT2D eigenvalue weighted by molar-refractivity contribution is 0.102. The summed E-state index contributed by atoms with van der Waals surface area (Å²) >= 11 is 0. The quantitative estimate of drug-likeness (QED) is 0.580. The normalized spacial score (nSPS) is 10.9. The SMILES string of the molecule is CCc1c(C(=O)Nc2ccc3ncccc3c2)cnn1Cc1ccccc1. The summed E-state index contributed by atoms with van der Waals surface area (Å²) < 4.78 is 1.90. The molecule has 0 spiro atoms. The maximum absolute atomic E-state index is 12.8. The average Bonchev–Trinajstić information content (AvgIpc) is 3.11. The van der Waals surface area contributed by atoms with Gasteiger partial charge in [0.05, 0.1) is 29.5 Å². The second-order valence-electron chi connectivity index (χ2n) is 6.37. The lowest BCUT2D eigenvalue weighted by Crippen LogP contribution is -2.15. The summed E-state index contributed by atoms with van der Waals surface area (Å²) in [7, 11) is 0. The zero-order chi connectivity index (χ0) is 18.6. The van der Waals surface area contributed by atoms with Crippen molar-refractivity contribution < 1.29 is 4.79 Å². The first-order chi connectivity index (χ1) is 13.2. The number of carbonyl (C=O) groups excluding carboxylic acids is 1. The van der Waals surface area contributed by atoms with Crippen LogP contribution in [0.25, 0.3) is 10.9 Å². The highest BCUT2D eigenvalue weighted by Crippen LogP contribution is 2.19. The Balaban J connectivity index is 1.57. The molecule has 0 bridgehead atoms. The Bertz CT molecular complexity index is 1090. The smallest absolute Gasteiger partial charge is 0.259 e. The molecule has 0 aliphatic carbocycles. The van der Waals surface area contributed by atoms with Crippen LogP contribution in [-0.4, -0.2) is 20.7 Å². The van der Waals surface area contributed by atoms with Crippen molar-refractivity contribution in [3.63, 3.8) is 0 Å². The molecule has 4 rings (SSSR count). The molecule has 0 aliphatic heterocycles. The van der Waals surface area contributed by atoms with Gasteiger partial charge in [0.15, 0.2) is 0 Å². The minimum absolute atomic E-state index is 0.144. The summed E-state index contributed by atoms with van der Waals surface area (Å²) in [6, 6.07) is 19.7. The summed E-state index contributed by atoms with van der Waals surface area (Å²) in [5.74, 6) is -0.144. The third-order valence-electron chi connectivity index (χ3n) is 4.56. The number of nitrogens with one attached hydrogen (secondary N) is 1. The Morgan fingerprint density at radius 1 is 1.07 bits per heavy atom. The van der Waals surface area contributed by atoms with E-state index in [1.165, 1.54) is 0 Å². The zero-order valence-electron chi connectivity index (χ0n) is 15.1. The summed E-state index contributed by atoms with van der Waals surface area (Å²) in [5.41, 5.74) is 4.35. The molecule has 0 atom stereocenters. The molecule has 1 amide bonds. The topological polar surface area (TPSA) is 59.8 Å². The number of rotatable bonds is 5. The van der Waals surface area contributed by atoms with E-state index >= 15 is 0 Å². The van der Waals surface area contributed by atoms with Crippen molar-refractivity contribution in [1.82, 2.24) is 14.8 Å². The molecule has 5 nitrogen and oxygen atoms in total. The molecule has 134 valence electrons. The molecule has 5 heteroatoms. The predicted octanol–water partition coefficient (Wildman–Crippen LogP) is 4.29. The summed E-state index contributed by atoms with van der Waals surface area (Å²) in [5, 5.41) is 8.41. The number of nitrogens with zero attached hydrogens (tertiary/aromatic N) is 3. The molecule has 0 unspecified atom stereocenters. The van der Waals surface area contributed by atoms with E-state index in [1.807, 2.05) is 60.1 Å². The van der Waals surface area contributed by atoms with Crippen molar-refractivity contribution in [2.24, 2.45) is 0 Å². The second kappa shape index (κ2) is 7.41. The molecule has 0 aliphatic rings. The van der Waals surface area contributed by atoms with Gasteiger partial charge in [-0.1, -0.05) is 43.3 Å². The lowest BCUT2D eigenvalue weighted by atomic mass is 10.1. The molecular formula is C22H20N4O. The van der Waals surface area contributed by atoms with Gasteiger partial charge in [0.1, 0.15) is 0 Å². The van der Waals surface area contributed by atoms with E-state index in [0.29, 0.717) is 12.1 Å². The van der Waals surface area contributed by atoms with Crippen LogP contribution in [0.1, 0.15) is 28.5 Å². The number of fused-ring (bicyclic) bond motifs is 1. The molecule has 27 heavy (non-hydrogen) atoms. The van der Waals surface area contributed by atoms with Crippen LogP contribution in [0.3, 0.4) is 0 Å². The first-order valence-corrected chi connectivity index (χ1v) is 8.99. The first kappa shape index (κ1) is 17.0. The maximum atomic E-state index is 12.8. The fraction of sp³-hybridized carbons (Fsp3) is 0.136. The molecule has 0 fully saturated rings. The van der Waals surface area contributed by atoms with Gasteiger partial charge < -0.3 is 5.32 Å².